The van der Waals surface area contributed by atoms with Gasteiger partial charge in [0.25, 0.3) is 0 Å². The molecular formula is C9H16N2. The van der Waals surface area contributed by atoms with Crippen molar-refractivity contribution in [2.45, 2.75) is 20.8 Å². The molecule has 0 spiro atoms. The Morgan fingerprint density at radius 2 is 2.18 bits per heavy atom. The summed E-state index contributed by atoms with van der Waals surface area (Å²) in [5, 5.41) is 0. The SMILES string of the molecule is C=CC(=NC=NCC)C(C)C. The van der Waals surface area contributed by atoms with Gasteiger partial charge in [-0.05, 0) is 18.9 Å². The number of allylic oxidation sites excluding steroid dienone is 1. The average Bonchev–Trinajstić information content (AvgIpc) is 1.97. The highest BCUT2D eigenvalue weighted by Crippen LogP contribution is 1.96. The van der Waals surface area contributed by atoms with Crippen LogP contribution in [-0.4, -0.2) is 18.6 Å². The van der Waals surface area contributed by atoms with Crippen LogP contribution in [0.1, 0.15) is 20.8 Å². The quantitative estimate of drug-likeness (QED) is 0.436. The zero-order valence-electron chi connectivity index (χ0n) is 7.54. The molecule has 0 N–H and O–H groups in total. The molecule has 62 valence electrons. The minimum absolute atomic E-state index is 0.427. The molecule has 0 aromatic carbocycles. The lowest BCUT2D eigenvalue weighted by Gasteiger charge is -2.00. The molecule has 0 saturated heterocycles. The van der Waals surface area contributed by atoms with Crippen molar-refractivity contribution >= 4 is 12.1 Å². The second-order valence-electron chi connectivity index (χ2n) is 2.53. The highest BCUT2D eigenvalue weighted by atomic mass is 14.9. The second-order valence-corrected chi connectivity index (χ2v) is 2.53. The van der Waals surface area contributed by atoms with Gasteiger partial charge in [-0.15, -0.1) is 0 Å². The summed E-state index contributed by atoms with van der Waals surface area (Å²) in [4.78, 5) is 8.12. The highest BCUT2D eigenvalue weighted by molar-refractivity contribution is 6.00. The van der Waals surface area contributed by atoms with Crippen molar-refractivity contribution in [2.75, 3.05) is 6.54 Å². The third-order valence-corrected chi connectivity index (χ3v) is 1.27. The molecule has 0 amide bonds. The first kappa shape index (κ1) is 10.1. The smallest absolute Gasteiger partial charge is 0.110 e. The Kier molecular flexibility index (Phi) is 5.35. The van der Waals surface area contributed by atoms with E-state index in [1.165, 1.54) is 0 Å². The van der Waals surface area contributed by atoms with Crippen LogP contribution in [0.5, 0.6) is 0 Å². The molecule has 11 heavy (non-hydrogen) atoms. The van der Waals surface area contributed by atoms with Gasteiger partial charge in [-0.3, -0.25) is 4.99 Å². The predicted molar refractivity (Wildman–Crippen MR) is 51.5 cm³/mol. The number of aliphatic imine (C=N–C) groups is 2. The first-order valence-corrected chi connectivity index (χ1v) is 3.90. The molecule has 0 aliphatic rings. The fraction of sp³-hybridized carbons (Fsp3) is 0.556. The monoisotopic (exact) mass is 152 g/mol. The number of hydrogen-bond acceptors (Lipinski definition) is 1. The van der Waals surface area contributed by atoms with E-state index < -0.39 is 0 Å². The maximum Gasteiger partial charge on any atom is 0.110 e. The van der Waals surface area contributed by atoms with E-state index in [0.29, 0.717) is 5.92 Å². The first-order valence-electron chi connectivity index (χ1n) is 3.90. The summed E-state index contributed by atoms with van der Waals surface area (Å²) in [6.45, 7) is 10.6. The predicted octanol–water partition coefficient (Wildman–Crippen LogP) is 2.32. The van der Waals surface area contributed by atoms with Crippen molar-refractivity contribution in [3.8, 4) is 0 Å². The van der Waals surface area contributed by atoms with E-state index in [9.17, 15) is 0 Å². The minimum atomic E-state index is 0.427. The third kappa shape index (κ3) is 4.48. The normalized spacial score (nSPS) is 12.9. The van der Waals surface area contributed by atoms with E-state index in [1.807, 2.05) is 6.92 Å². The van der Waals surface area contributed by atoms with E-state index in [-0.39, 0.29) is 0 Å². The van der Waals surface area contributed by atoms with Crippen LogP contribution in [-0.2, 0) is 0 Å². The molecule has 2 nitrogen and oxygen atoms in total. The lowest BCUT2D eigenvalue weighted by atomic mass is 10.1. The lowest BCUT2D eigenvalue weighted by molar-refractivity contribution is 0.891. The van der Waals surface area contributed by atoms with Gasteiger partial charge in [0.2, 0.25) is 0 Å². The van der Waals surface area contributed by atoms with Crippen molar-refractivity contribution in [3.63, 3.8) is 0 Å². The molecule has 0 fully saturated rings. The molecule has 0 aromatic rings. The van der Waals surface area contributed by atoms with Crippen molar-refractivity contribution in [1.29, 1.82) is 0 Å². The summed E-state index contributed by atoms with van der Waals surface area (Å²) in [5.74, 6) is 0.427. The summed E-state index contributed by atoms with van der Waals surface area (Å²) in [7, 11) is 0. The molecule has 0 aliphatic heterocycles. The summed E-state index contributed by atoms with van der Waals surface area (Å²) in [6.07, 6.45) is 3.36. The van der Waals surface area contributed by atoms with Crippen LogP contribution in [0.25, 0.3) is 0 Å². The summed E-state index contributed by atoms with van der Waals surface area (Å²) in [5.41, 5.74) is 0.988. The molecule has 0 radical (unpaired) electrons. The maximum absolute atomic E-state index is 4.14. The topological polar surface area (TPSA) is 24.7 Å². The largest absolute Gasteiger partial charge is 0.274 e. The lowest BCUT2D eigenvalue weighted by Crippen LogP contribution is -2.03. The van der Waals surface area contributed by atoms with Crippen LogP contribution < -0.4 is 0 Å². The van der Waals surface area contributed by atoms with Gasteiger partial charge in [0.15, 0.2) is 0 Å². The van der Waals surface area contributed by atoms with Crippen LogP contribution >= 0.6 is 0 Å². The molecule has 0 heterocycles. The first-order chi connectivity index (χ1) is 5.22. The van der Waals surface area contributed by atoms with E-state index >= 15 is 0 Å². The Morgan fingerprint density at radius 3 is 2.55 bits per heavy atom. The molecule has 0 bridgehead atoms. The molecule has 0 saturated carbocycles. The van der Waals surface area contributed by atoms with E-state index in [0.717, 1.165) is 12.3 Å². The molecule has 0 aliphatic carbocycles. The highest BCUT2D eigenvalue weighted by Gasteiger charge is 1.96. The minimum Gasteiger partial charge on any atom is -0.274 e. The van der Waals surface area contributed by atoms with Gasteiger partial charge in [-0.2, -0.15) is 0 Å². The average molecular weight is 152 g/mol. The Hall–Kier alpha value is -0.920. The third-order valence-electron chi connectivity index (χ3n) is 1.27. The van der Waals surface area contributed by atoms with E-state index in [2.05, 4.69) is 30.4 Å². The standard InChI is InChI=1S/C9H16N2/c1-5-9(8(3)4)11-7-10-6-2/h5,7-8H,1,6H2,2-4H3. The zero-order chi connectivity index (χ0) is 8.69. The van der Waals surface area contributed by atoms with Gasteiger partial charge in [0.05, 0.1) is 0 Å². The molecular weight excluding hydrogens is 136 g/mol. The Labute approximate surface area is 68.8 Å². The molecule has 0 rings (SSSR count). The van der Waals surface area contributed by atoms with Gasteiger partial charge in [0.1, 0.15) is 6.34 Å². The number of hydrogen-bond donors (Lipinski definition) is 0. The zero-order valence-corrected chi connectivity index (χ0v) is 7.54. The Balaban J connectivity index is 4.12. The fourth-order valence-electron chi connectivity index (χ4n) is 0.627. The van der Waals surface area contributed by atoms with Crippen LogP contribution in [0.15, 0.2) is 22.6 Å². The molecule has 0 unspecified atom stereocenters. The van der Waals surface area contributed by atoms with Crippen LogP contribution in [0.3, 0.4) is 0 Å². The van der Waals surface area contributed by atoms with Crippen molar-refractivity contribution < 1.29 is 0 Å². The van der Waals surface area contributed by atoms with Crippen LogP contribution in [0, 0.1) is 5.92 Å². The van der Waals surface area contributed by atoms with Gasteiger partial charge < -0.3 is 0 Å². The van der Waals surface area contributed by atoms with E-state index in [4.69, 9.17) is 0 Å². The second kappa shape index (κ2) is 5.83. The molecule has 0 atom stereocenters. The van der Waals surface area contributed by atoms with Crippen LogP contribution in [0.4, 0.5) is 0 Å². The van der Waals surface area contributed by atoms with E-state index in [1.54, 1.807) is 12.4 Å². The Morgan fingerprint density at radius 1 is 1.55 bits per heavy atom. The van der Waals surface area contributed by atoms with Crippen molar-refractivity contribution in [3.05, 3.63) is 12.7 Å². The summed E-state index contributed by atoms with van der Waals surface area (Å²) in [6, 6.07) is 0. The maximum atomic E-state index is 4.14. The van der Waals surface area contributed by atoms with Gasteiger partial charge in [-0.25, -0.2) is 4.99 Å². The number of nitrogens with zero attached hydrogens (tertiary/aromatic N) is 2. The Bertz CT molecular complexity index is 166. The summed E-state index contributed by atoms with van der Waals surface area (Å²) < 4.78 is 0. The molecule has 0 aromatic heterocycles. The van der Waals surface area contributed by atoms with Crippen molar-refractivity contribution in [1.82, 2.24) is 0 Å². The van der Waals surface area contributed by atoms with Gasteiger partial charge >= 0.3 is 0 Å². The van der Waals surface area contributed by atoms with Gasteiger partial charge in [0, 0.05) is 12.3 Å². The number of rotatable bonds is 4. The summed E-state index contributed by atoms with van der Waals surface area (Å²) >= 11 is 0. The molecule has 2 heteroatoms. The fourth-order valence-corrected chi connectivity index (χ4v) is 0.627. The van der Waals surface area contributed by atoms with Gasteiger partial charge in [-0.1, -0.05) is 20.4 Å². The van der Waals surface area contributed by atoms with Crippen LogP contribution in [0.2, 0.25) is 0 Å². The van der Waals surface area contributed by atoms with Crippen molar-refractivity contribution in [2.24, 2.45) is 15.9 Å².